The van der Waals surface area contributed by atoms with Gasteiger partial charge in [0.1, 0.15) is 5.54 Å². The maximum absolute atomic E-state index is 12.7. The number of amides is 1. The fourth-order valence-corrected chi connectivity index (χ4v) is 4.00. The number of benzene rings is 1. The highest BCUT2D eigenvalue weighted by Crippen LogP contribution is 2.38. The summed E-state index contributed by atoms with van der Waals surface area (Å²) in [7, 11) is 1.36. The van der Waals surface area contributed by atoms with E-state index in [-0.39, 0.29) is 18.3 Å². The fraction of sp³-hybridized carbons (Fsp3) is 0.600. The first kappa shape index (κ1) is 19.8. The maximum Gasteiger partial charge on any atom is 0.331 e. The lowest BCUT2D eigenvalue weighted by Crippen LogP contribution is -2.57. The van der Waals surface area contributed by atoms with Crippen LogP contribution in [0, 0.1) is 5.92 Å². The summed E-state index contributed by atoms with van der Waals surface area (Å²) in [6, 6.07) is 3.49. The van der Waals surface area contributed by atoms with Gasteiger partial charge in [0.2, 0.25) is 5.91 Å². The summed E-state index contributed by atoms with van der Waals surface area (Å²) in [4.78, 5) is 25.1. The van der Waals surface area contributed by atoms with Crippen molar-refractivity contribution in [1.29, 1.82) is 0 Å². The van der Waals surface area contributed by atoms with Crippen LogP contribution in [-0.2, 0) is 20.7 Å². The topological polar surface area (TPSA) is 73.9 Å². The van der Waals surface area contributed by atoms with Crippen LogP contribution in [0.3, 0.4) is 0 Å². The highest BCUT2D eigenvalue weighted by atomic mass is 35.5. The van der Waals surface area contributed by atoms with E-state index in [9.17, 15) is 9.59 Å². The zero-order valence-corrected chi connectivity index (χ0v) is 16.6. The molecule has 1 heterocycles. The summed E-state index contributed by atoms with van der Waals surface area (Å²) in [6.45, 7) is 3.25. The van der Waals surface area contributed by atoms with Crippen molar-refractivity contribution >= 4 is 23.5 Å². The minimum Gasteiger partial charge on any atom is -0.489 e. The number of hydrogen-bond donors (Lipinski definition) is 1. The number of fused-ring (bicyclic) bond motifs is 1. The zero-order valence-electron chi connectivity index (χ0n) is 15.8. The van der Waals surface area contributed by atoms with Crippen molar-refractivity contribution in [2.75, 3.05) is 20.3 Å². The van der Waals surface area contributed by atoms with Gasteiger partial charge in [0, 0.05) is 6.42 Å². The molecular formula is C20H26ClNO5. The number of hydrogen-bond acceptors (Lipinski definition) is 5. The molecule has 6 nitrogen and oxygen atoms in total. The van der Waals surface area contributed by atoms with E-state index in [1.165, 1.54) is 7.11 Å². The van der Waals surface area contributed by atoms with Crippen molar-refractivity contribution in [3.8, 4) is 11.5 Å². The Labute approximate surface area is 164 Å². The van der Waals surface area contributed by atoms with Gasteiger partial charge in [0.25, 0.3) is 0 Å². The lowest BCUT2D eigenvalue weighted by molar-refractivity contribution is -0.153. The van der Waals surface area contributed by atoms with E-state index in [4.69, 9.17) is 25.8 Å². The molecule has 0 bridgehead atoms. The van der Waals surface area contributed by atoms with Gasteiger partial charge in [-0.25, -0.2) is 4.79 Å². The number of ether oxygens (including phenoxy) is 3. The standard InChI is InChI=1S/C20H26ClNO5/c1-13-4-6-20(7-5-13,19(24)25-2)22-17(23)12-14-10-15(21)18-16(11-14)26-8-3-9-27-18/h10-11,13H,3-9,12H2,1-2H3,(H,22,23). The summed E-state index contributed by atoms with van der Waals surface area (Å²) in [5.74, 6) is 1.00. The van der Waals surface area contributed by atoms with Gasteiger partial charge in [0.15, 0.2) is 11.5 Å². The molecule has 3 rings (SSSR count). The van der Waals surface area contributed by atoms with Gasteiger partial charge in [-0.2, -0.15) is 0 Å². The number of rotatable bonds is 4. The Morgan fingerprint density at radius 1 is 1.26 bits per heavy atom. The molecule has 7 heteroatoms. The number of nitrogens with one attached hydrogen (secondary N) is 1. The molecule has 2 aliphatic rings. The molecule has 0 radical (unpaired) electrons. The Kier molecular flexibility index (Phi) is 6.15. The number of esters is 1. The molecule has 0 aromatic heterocycles. The number of carbonyl (C=O) groups is 2. The first-order valence-electron chi connectivity index (χ1n) is 9.41. The van der Waals surface area contributed by atoms with Crippen LogP contribution in [0.5, 0.6) is 11.5 Å². The Balaban J connectivity index is 1.73. The van der Waals surface area contributed by atoms with Crippen molar-refractivity contribution in [2.45, 2.75) is 51.0 Å². The molecule has 148 valence electrons. The molecule has 1 aliphatic carbocycles. The molecule has 1 aliphatic heterocycles. The Morgan fingerprint density at radius 3 is 2.67 bits per heavy atom. The van der Waals surface area contributed by atoms with Crippen molar-refractivity contribution in [3.05, 3.63) is 22.7 Å². The van der Waals surface area contributed by atoms with Gasteiger partial charge < -0.3 is 19.5 Å². The van der Waals surface area contributed by atoms with Crippen LogP contribution < -0.4 is 14.8 Å². The van der Waals surface area contributed by atoms with Crippen LogP contribution in [0.4, 0.5) is 0 Å². The summed E-state index contributed by atoms with van der Waals surface area (Å²) in [5, 5.41) is 3.36. The largest absolute Gasteiger partial charge is 0.489 e. The van der Waals surface area contributed by atoms with E-state index in [2.05, 4.69) is 12.2 Å². The molecule has 0 atom stereocenters. The molecule has 0 unspecified atom stereocenters. The normalized spacial score (nSPS) is 24.6. The molecular weight excluding hydrogens is 370 g/mol. The third-order valence-electron chi connectivity index (χ3n) is 5.31. The van der Waals surface area contributed by atoms with Gasteiger partial charge in [-0.15, -0.1) is 0 Å². The SMILES string of the molecule is COC(=O)C1(NC(=O)Cc2cc(Cl)c3c(c2)OCCCO3)CCC(C)CC1. The Hall–Kier alpha value is -1.95. The molecule has 0 saturated heterocycles. The number of carbonyl (C=O) groups excluding carboxylic acids is 2. The van der Waals surface area contributed by atoms with Gasteiger partial charge in [-0.3, -0.25) is 4.79 Å². The minimum absolute atomic E-state index is 0.102. The first-order valence-corrected chi connectivity index (χ1v) is 9.79. The van der Waals surface area contributed by atoms with Crippen LogP contribution in [0.25, 0.3) is 0 Å². The highest BCUT2D eigenvalue weighted by molar-refractivity contribution is 6.32. The predicted molar refractivity (Wildman–Crippen MR) is 101 cm³/mol. The fourth-order valence-electron chi connectivity index (χ4n) is 3.71. The van der Waals surface area contributed by atoms with E-state index in [1.807, 2.05) is 0 Å². The summed E-state index contributed by atoms with van der Waals surface area (Å²) in [5.41, 5.74) is -0.223. The lowest BCUT2D eigenvalue weighted by Gasteiger charge is -2.37. The lowest BCUT2D eigenvalue weighted by atomic mass is 9.77. The van der Waals surface area contributed by atoms with Crippen LogP contribution in [-0.4, -0.2) is 37.7 Å². The molecule has 27 heavy (non-hydrogen) atoms. The van der Waals surface area contributed by atoms with Crippen molar-refractivity contribution < 1.29 is 23.8 Å². The monoisotopic (exact) mass is 395 g/mol. The third kappa shape index (κ3) is 4.49. The van der Waals surface area contributed by atoms with Gasteiger partial charge >= 0.3 is 5.97 Å². The number of methoxy groups -OCH3 is 1. The quantitative estimate of drug-likeness (QED) is 0.792. The second-order valence-corrected chi connectivity index (χ2v) is 7.84. The summed E-state index contributed by atoms with van der Waals surface area (Å²) >= 11 is 6.30. The third-order valence-corrected chi connectivity index (χ3v) is 5.59. The second-order valence-electron chi connectivity index (χ2n) is 7.44. The molecule has 1 fully saturated rings. The van der Waals surface area contributed by atoms with Crippen LogP contribution >= 0.6 is 11.6 Å². The molecule has 1 aromatic carbocycles. The van der Waals surface area contributed by atoms with Crippen molar-refractivity contribution in [3.63, 3.8) is 0 Å². The molecule has 1 aromatic rings. The highest BCUT2D eigenvalue weighted by Gasteiger charge is 2.43. The van der Waals surface area contributed by atoms with Crippen molar-refractivity contribution in [1.82, 2.24) is 5.32 Å². The van der Waals surface area contributed by atoms with E-state index >= 15 is 0 Å². The van der Waals surface area contributed by atoms with Crippen LogP contribution in [0.15, 0.2) is 12.1 Å². The van der Waals surface area contributed by atoms with E-state index < -0.39 is 5.54 Å². The Bertz CT molecular complexity index is 713. The molecule has 1 N–H and O–H groups in total. The smallest absolute Gasteiger partial charge is 0.331 e. The molecule has 1 saturated carbocycles. The van der Waals surface area contributed by atoms with Crippen LogP contribution in [0.1, 0.15) is 44.6 Å². The average molecular weight is 396 g/mol. The average Bonchev–Trinajstić information content (AvgIpc) is 2.89. The molecule has 0 spiro atoms. The zero-order chi connectivity index (χ0) is 19.4. The first-order chi connectivity index (χ1) is 12.9. The minimum atomic E-state index is -0.937. The van der Waals surface area contributed by atoms with Gasteiger partial charge in [0.05, 0.1) is 31.8 Å². The van der Waals surface area contributed by atoms with Crippen LogP contribution in [0.2, 0.25) is 5.02 Å². The van der Waals surface area contributed by atoms with E-state index in [1.54, 1.807) is 12.1 Å². The second kappa shape index (κ2) is 8.38. The number of halogens is 1. The van der Waals surface area contributed by atoms with E-state index in [0.717, 1.165) is 19.3 Å². The summed E-state index contributed by atoms with van der Waals surface area (Å²) < 4.78 is 16.3. The maximum atomic E-state index is 12.7. The molecule has 1 amide bonds. The van der Waals surface area contributed by atoms with Crippen molar-refractivity contribution in [2.24, 2.45) is 5.92 Å². The van der Waals surface area contributed by atoms with Gasteiger partial charge in [-0.05, 0) is 49.3 Å². The summed E-state index contributed by atoms with van der Waals surface area (Å²) in [6.07, 6.45) is 3.82. The predicted octanol–water partition coefficient (Wildman–Crippen LogP) is 3.28. The Morgan fingerprint density at radius 2 is 1.96 bits per heavy atom. The van der Waals surface area contributed by atoms with Gasteiger partial charge in [-0.1, -0.05) is 18.5 Å². The van der Waals surface area contributed by atoms with E-state index in [0.29, 0.717) is 54.1 Å².